The molecule has 1 N–H and O–H groups in total. The van der Waals surface area contributed by atoms with Crippen LogP contribution in [0.1, 0.15) is 37.7 Å². The van der Waals surface area contributed by atoms with Crippen molar-refractivity contribution < 1.29 is 4.79 Å². The van der Waals surface area contributed by atoms with Crippen LogP contribution in [-0.4, -0.2) is 30.4 Å². The monoisotopic (exact) mass is 312 g/mol. The zero-order valence-electron chi connectivity index (χ0n) is 13.9. The second-order valence-corrected chi connectivity index (χ2v) is 7.76. The zero-order chi connectivity index (χ0) is 15.6. The third-order valence-corrected chi connectivity index (χ3v) is 6.33. The van der Waals surface area contributed by atoms with E-state index in [0.29, 0.717) is 17.7 Å². The highest BCUT2D eigenvalue weighted by Gasteiger charge is 2.46. The molecule has 1 aromatic rings. The highest BCUT2D eigenvalue weighted by molar-refractivity contribution is 5.80. The molecule has 1 amide bonds. The van der Waals surface area contributed by atoms with E-state index in [0.717, 1.165) is 32.1 Å². The van der Waals surface area contributed by atoms with Gasteiger partial charge in [-0.15, -0.1) is 0 Å². The van der Waals surface area contributed by atoms with Crippen molar-refractivity contribution >= 4 is 5.91 Å². The molecule has 3 aliphatic rings. The van der Waals surface area contributed by atoms with Crippen molar-refractivity contribution in [3.05, 3.63) is 35.9 Å². The van der Waals surface area contributed by atoms with Crippen molar-refractivity contribution in [3.63, 3.8) is 0 Å². The van der Waals surface area contributed by atoms with E-state index >= 15 is 0 Å². The highest BCUT2D eigenvalue weighted by Crippen LogP contribution is 2.42. The summed E-state index contributed by atoms with van der Waals surface area (Å²) in [7, 11) is 0. The molecule has 1 aromatic carbocycles. The van der Waals surface area contributed by atoms with Crippen LogP contribution in [0.25, 0.3) is 0 Å². The smallest absolute Gasteiger partial charge is 0.224 e. The molecule has 1 aliphatic carbocycles. The molecule has 1 saturated carbocycles. The maximum atomic E-state index is 12.6. The second-order valence-electron chi connectivity index (χ2n) is 7.76. The lowest BCUT2D eigenvalue weighted by Gasteiger charge is -2.29. The minimum absolute atomic E-state index is 0.215. The van der Waals surface area contributed by atoms with Crippen molar-refractivity contribution in [2.24, 2.45) is 23.7 Å². The van der Waals surface area contributed by atoms with Crippen LogP contribution in [0.5, 0.6) is 0 Å². The number of carbonyl (C=O) groups excluding carboxylic acids is 1. The molecule has 0 spiro atoms. The molecule has 0 bridgehead atoms. The van der Waals surface area contributed by atoms with E-state index < -0.39 is 0 Å². The topological polar surface area (TPSA) is 32.3 Å². The van der Waals surface area contributed by atoms with E-state index in [1.165, 1.54) is 37.7 Å². The standard InChI is InChI=1S/C20H28N2O/c23-20-19-14-22(12-15-7-3-1-4-8-15)13-18(19)17-10-6-2-5-9-16(17)11-21-20/h1,3-4,7-8,16-19H,2,5-6,9-14H2,(H,21,23). The maximum absolute atomic E-state index is 12.6. The van der Waals surface area contributed by atoms with Gasteiger partial charge in [-0.3, -0.25) is 9.69 Å². The van der Waals surface area contributed by atoms with Crippen LogP contribution in [0.3, 0.4) is 0 Å². The van der Waals surface area contributed by atoms with Crippen molar-refractivity contribution in [2.45, 2.75) is 38.6 Å². The average molecular weight is 312 g/mol. The van der Waals surface area contributed by atoms with Gasteiger partial charge in [0.25, 0.3) is 0 Å². The SMILES string of the molecule is O=C1NCC2CCCCCC2C2CN(Cc3ccccc3)CC12. The summed E-state index contributed by atoms with van der Waals surface area (Å²) in [5.41, 5.74) is 1.36. The van der Waals surface area contributed by atoms with Crippen LogP contribution in [0, 0.1) is 23.7 Å². The Morgan fingerprint density at radius 2 is 1.83 bits per heavy atom. The molecule has 2 heterocycles. The van der Waals surface area contributed by atoms with Crippen molar-refractivity contribution in [3.8, 4) is 0 Å². The summed E-state index contributed by atoms with van der Waals surface area (Å²) in [6, 6.07) is 10.7. The molecule has 4 unspecified atom stereocenters. The van der Waals surface area contributed by atoms with Crippen molar-refractivity contribution in [1.82, 2.24) is 10.2 Å². The Morgan fingerprint density at radius 1 is 1.00 bits per heavy atom. The average Bonchev–Trinajstić information content (AvgIpc) is 2.77. The minimum Gasteiger partial charge on any atom is -0.356 e. The number of rotatable bonds is 2. The van der Waals surface area contributed by atoms with E-state index in [1.807, 2.05) is 0 Å². The van der Waals surface area contributed by atoms with Gasteiger partial charge in [0, 0.05) is 26.2 Å². The lowest BCUT2D eigenvalue weighted by molar-refractivity contribution is -0.125. The summed E-state index contributed by atoms with van der Waals surface area (Å²) in [5.74, 6) is 2.57. The molecule has 2 saturated heterocycles. The molecule has 4 rings (SSSR count). The van der Waals surface area contributed by atoms with E-state index in [-0.39, 0.29) is 5.92 Å². The van der Waals surface area contributed by atoms with Crippen LogP contribution >= 0.6 is 0 Å². The molecule has 23 heavy (non-hydrogen) atoms. The molecule has 0 radical (unpaired) electrons. The summed E-state index contributed by atoms with van der Waals surface area (Å²) in [4.78, 5) is 15.1. The van der Waals surface area contributed by atoms with Gasteiger partial charge >= 0.3 is 0 Å². The molecule has 3 nitrogen and oxygen atoms in total. The number of likely N-dealkylation sites (tertiary alicyclic amines) is 1. The fraction of sp³-hybridized carbons (Fsp3) is 0.650. The predicted molar refractivity (Wildman–Crippen MR) is 91.8 cm³/mol. The number of amides is 1. The van der Waals surface area contributed by atoms with Gasteiger partial charge in [0.05, 0.1) is 5.92 Å². The van der Waals surface area contributed by atoms with Gasteiger partial charge in [0.15, 0.2) is 0 Å². The Hall–Kier alpha value is -1.35. The fourth-order valence-corrected chi connectivity index (χ4v) is 5.19. The number of nitrogens with one attached hydrogen (secondary N) is 1. The quantitative estimate of drug-likeness (QED) is 0.910. The lowest BCUT2D eigenvalue weighted by atomic mass is 9.75. The van der Waals surface area contributed by atoms with Gasteiger partial charge in [-0.25, -0.2) is 0 Å². The Kier molecular flexibility index (Phi) is 4.39. The van der Waals surface area contributed by atoms with Gasteiger partial charge in [-0.05, 0) is 36.2 Å². The summed E-state index contributed by atoms with van der Waals surface area (Å²) in [6.45, 7) is 3.95. The van der Waals surface area contributed by atoms with E-state index in [4.69, 9.17) is 0 Å². The largest absolute Gasteiger partial charge is 0.356 e. The van der Waals surface area contributed by atoms with Crippen LogP contribution < -0.4 is 5.32 Å². The van der Waals surface area contributed by atoms with Gasteiger partial charge in [-0.2, -0.15) is 0 Å². The van der Waals surface area contributed by atoms with E-state index in [2.05, 4.69) is 40.5 Å². The van der Waals surface area contributed by atoms with Crippen LogP contribution in [0.2, 0.25) is 0 Å². The van der Waals surface area contributed by atoms with E-state index in [1.54, 1.807) is 0 Å². The van der Waals surface area contributed by atoms with Gasteiger partial charge in [0.2, 0.25) is 5.91 Å². The van der Waals surface area contributed by atoms with Crippen LogP contribution in [0.15, 0.2) is 30.3 Å². The number of benzene rings is 1. The number of nitrogens with zero attached hydrogens (tertiary/aromatic N) is 1. The van der Waals surface area contributed by atoms with Gasteiger partial charge < -0.3 is 5.32 Å². The molecule has 124 valence electrons. The number of hydrogen-bond donors (Lipinski definition) is 1. The summed E-state index contributed by atoms with van der Waals surface area (Å²) in [6.07, 6.45) is 6.73. The summed E-state index contributed by atoms with van der Waals surface area (Å²) in [5, 5.41) is 3.26. The Labute approximate surface area is 139 Å². The molecular formula is C20H28N2O. The fourth-order valence-electron chi connectivity index (χ4n) is 5.19. The molecule has 2 aliphatic heterocycles. The first-order valence-electron chi connectivity index (χ1n) is 9.35. The second kappa shape index (κ2) is 6.64. The summed E-state index contributed by atoms with van der Waals surface area (Å²) < 4.78 is 0. The Balaban J connectivity index is 1.51. The normalized spacial score (nSPS) is 34.9. The molecular weight excluding hydrogens is 284 g/mol. The number of fused-ring (bicyclic) bond motifs is 3. The first kappa shape index (κ1) is 15.2. The van der Waals surface area contributed by atoms with Gasteiger partial charge in [-0.1, -0.05) is 49.6 Å². The third kappa shape index (κ3) is 3.16. The summed E-state index contributed by atoms with van der Waals surface area (Å²) >= 11 is 0. The molecule has 3 fully saturated rings. The van der Waals surface area contributed by atoms with Crippen molar-refractivity contribution in [2.75, 3.05) is 19.6 Å². The van der Waals surface area contributed by atoms with Crippen molar-refractivity contribution in [1.29, 1.82) is 0 Å². The Bertz CT molecular complexity index is 544. The van der Waals surface area contributed by atoms with Gasteiger partial charge in [0.1, 0.15) is 0 Å². The lowest BCUT2D eigenvalue weighted by Crippen LogP contribution is -2.34. The first-order valence-corrected chi connectivity index (χ1v) is 9.35. The Morgan fingerprint density at radius 3 is 2.70 bits per heavy atom. The molecule has 0 aromatic heterocycles. The minimum atomic E-state index is 0.215. The first-order chi connectivity index (χ1) is 11.3. The number of carbonyl (C=O) groups is 1. The molecule has 4 atom stereocenters. The zero-order valence-corrected chi connectivity index (χ0v) is 13.9. The maximum Gasteiger partial charge on any atom is 0.224 e. The number of hydrogen-bond acceptors (Lipinski definition) is 2. The highest BCUT2D eigenvalue weighted by atomic mass is 16.2. The van der Waals surface area contributed by atoms with Crippen LogP contribution in [0.4, 0.5) is 0 Å². The predicted octanol–water partition coefficient (Wildman–Crippen LogP) is 3.06. The molecule has 3 heteroatoms. The van der Waals surface area contributed by atoms with E-state index in [9.17, 15) is 4.79 Å². The third-order valence-electron chi connectivity index (χ3n) is 6.33. The van der Waals surface area contributed by atoms with Crippen LogP contribution in [-0.2, 0) is 11.3 Å².